The number of aryl methyl sites for hydroxylation is 1. The number of nitrogens with one attached hydrogen (secondary N) is 1. The van der Waals surface area contributed by atoms with Crippen LogP contribution in [0.3, 0.4) is 0 Å². The number of aromatic nitrogens is 2. The molecule has 1 heterocycles. The Morgan fingerprint density at radius 2 is 2.12 bits per heavy atom. The van der Waals surface area contributed by atoms with Crippen molar-refractivity contribution < 1.29 is 9.18 Å². The second kappa shape index (κ2) is 6.41. The summed E-state index contributed by atoms with van der Waals surface area (Å²) in [7, 11) is 0. The molecule has 0 bridgehead atoms. The first kappa shape index (κ1) is 16.1. The standard InChI is InChI=1S/C17H13ClFN3O2/c1-10-3-2-4-12-16(10)20-9-22(17(12)24)8-15(23)21-14-6-5-11(18)7-13(14)19/h2-7,9H,8H2,1H3,(H,21,23). The Hall–Kier alpha value is -2.73. The Labute approximate surface area is 141 Å². The molecule has 1 amide bonds. The zero-order chi connectivity index (χ0) is 17.3. The maximum atomic E-state index is 13.7. The molecule has 0 saturated carbocycles. The van der Waals surface area contributed by atoms with E-state index in [1.165, 1.54) is 23.0 Å². The molecule has 0 radical (unpaired) electrons. The fourth-order valence-electron chi connectivity index (χ4n) is 2.39. The predicted octanol–water partition coefficient (Wildman–Crippen LogP) is 3.14. The molecule has 0 aliphatic heterocycles. The van der Waals surface area contributed by atoms with E-state index in [0.717, 1.165) is 11.6 Å². The number of rotatable bonds is 3. The van der Waals surface area contributed by atoms with Crippen LogP contribution in [-0.2, 0) is 11.3 Å². The summed E-state index contributed by atoms with van der Waals surface area (Å²) >= 11 is 5.67. The van der Waals surface area contributed by atoms with Crippen LogP contribution < -0.4 is 10.9 Å². The van der Waals surface area contributed by atoms with Gasteiger partial charge in [-0.25, -0.2) is 9.37 Å². The number of amides is 1. The Kier molecular flexibility index (Phi) is 4.31. The fourth-order valence-corrected chi connectivity index (χ4v) is 2.54. The van der Waals surface area contributed by atoms with Gasteiger partial charge in [-0.05, 0) is 36.8 Å². The summed E-state index contributed by atoms with van der Waals surface area (Å²) in [5.74, 6) is -1.18. The molecule has 0 aliphatic rings. The summed E-state index contributed by atoms with van der Waals surface area (Å²) in [6.45, 7) is 1.59. The van der Waals surface area contributed by atoms with Gasteiger partial charge in [-0.15, -0.1) is 0 Å². The highest BCUT2D eigenvalue weighted by atomic mass is 35.5. The lowest BCUT2D eigenvalue weighted by Gasteiger charge is -2.09. The molecule has 7 heteroatoms. The van der Waals surface area contributed by atoms with Gasteiger partial charge in [0, 0.05) is 5.02 Å². The zero-order valence-electron chi connectivity index (χ0n) is 12.7. The Morgan fingerprint density at radius 1 is 1.33 bits per heavy atom. The Bertz CT molecular complexity index is 1000. The monoisotopic (exact) mass is 345 g/mol. The highest BCUT2D eigenvalue weighted by molar-refractivity contribution is 6.30. The van der Waals surface area contributed by atoms with Crippen LogP contribution in [0.1, 0.15) is 5.56 Å². The van der Waals surface area contributed by atoms with Crippen LogP contribution in [0.2, 0.25) is 5.02 Å². The van der Waals surface area contributed by atoms with Crippen LogP contribution in [0.15, 0.2) is 47.5 Å². The largest absolute Gasteiger partial charge is 0.322 e. The zero-order valence-corrected chi connectivity index (χ0v) is 13.5. The normalized spacial score (nSPS) is 10.8. The van der Waals surface area contributed by atoms with E-state index in [1.54, 1.807) is 12.1 Å². The molecule has 1 aromatic heterocycles. The molecule has 3 aromatic rings. The molecule has 5 nitrogen and oxygen atoms in total. The van der Waals surface area contributed by atoms with Gasteiger partial charge in [0.25, 0.3) is 5.56 Å². The van der Waals surface area contributed by atoms with Gasteiger partial charge in [0.05, 0.1) is 22.9 Å². The van der Waals surface area contributed by atoms with Gasteiger partial charge in [-0.3, -0.25) is 14.2 Å². The number of carbonyl (C=O) groups is 1. The summed E-state index contributed by atoms with van der Waals surface area (Å²) in [6.07, 6.45) is 1.31. The topological polar surface area (TPSA) is 64.0 Å². The highest BCUT2D eigenvalue weighted by Gasteiger charge is 2.11. The van der Waals surface area contributed by atoms with E-state index >= 15 is 0 Å². The van der Waals surface area contributed by atoms with Crippen molar-refractivity contribution >= 4 is 34.1 Å². The maximum Gasteiger partial charge on any atom is 0.261 e. The smallest absolute Gasteiger partial charge is 0.261 e. The molecule has 122 valence electrons. The second-order valence-electron chi connectivity index (χ2n) is 5.32. The number of anilines is 1. The molecule has 0 aliphatic carbocycles. The molecule has 0 atom stereocenters. The number of fused-ring (bicyclic) bond motifs is 1. The minimum absolute atomic E-state index is 0.00189. The molecular formula is C17H13ClFN3O2. The molecule has 2 aromatic carbocycles. The van der Waals surface area contributed by atoms with E-state index in [-0.39, 0.29) is 22.8 Å². The van der Waals surface area contributed by atoms with E-state index in [4.69, 9.17) is 11.6 Å². The van der Waals surface area contributed by atoms with Gasteiger partial charge in [0.1, 0.15) is 12.4 Å². The second-order valence-corrected chi connectivity index (χ2v) is 5.76. The van der Waals surface area contributed by atoms with Crippen LogP contribution in [0.4, 0.5) is 10.1 Å². The van der Waals surface area contributed by atoms with Gasteiger partial charge >= 0.3 is 0 Å². The highest BCUT2D eigenvalue weighted by Crippen LogP contribution is 2.18. The predicted molar refractivity (Wildman–Crippen MR) is 90.8 cm³/mol. The van der Waals surface area contributed by atoms with Crippen molar-refractivity contribution in [2.24, 2.45) is 0 Å². The van der Waals surface area contributed by atoms with Crippen LogP contribution in [0, 0.1) is 12.7 Å². The molecule has 0 unspecified atom stereocenters. The number of carbonyl (C=O) groups excluding carboxylic acids is 1. The van der Waals surface area contributed by atoms with Crippen LogP contribution in [-0.4, -0.2) is 15.5 Å². The average Bonchev–Trinajstić information content (AvgIpc) is 2.53. The lowest BCUT2D eigenvalue weighted by molar-refractivity contribution is -0.116. The number of para-hydroxylation sites is 1. The molecule has 0 saturated heterocycles. The van der Waals surface area contributed by atoms with Gasteiger partial charge in [-0.2, -0.15) is 0 Å². The van der Waals surface area contributed by atoms with Gasteiger partial charge in [0.15, 0.2) is 0 Å². The molecule has 1 N–H and O–H groups in total. The van der Waals surface area contributed by atoms with E-state index in [1.807, 2.05) is 13.0 Å². The summed E-state index contributed by atoms with van der Waals surface area (Å²) in [5.41, 5.74) is 1.16. The lowest BCUT2D eigenvalue weighted by atomic mass is 10.1. The van der Waals surface area contributed by atoms with Crippen molar-refractivity contribution in [3.8, 4) is 0 Å². The van der Waals surface area contributed by atoms with Crippen LogP contribution in [0.25, 0.3) is 10.9 Å². The van der Waals surface area contributed by atoms with Crippen molar-refractivity contribution in [2.45, 2.75) is 13.5 Å². The van der Waals surface area contributed by atoms with Gasteiger partial charge in [0.2, 0.25) is 5.91 Å². The third-order valence-corrected chi connectivity index (χ3v) is 3.81. The maximum absolute atomic E-state index is 13.7. The summed E-state index contributed by atoms with van der Waals surface area (Å²) in [5, 5.41) is 3.08. The first-order valence-corrected chi connectivity index (χ1v) is 7.53. The number of hydrogen-bond donors (Lipinski definition) is 1. The molecule has 3 rings (SSSR count). The van der Waals surface area contributed by atoms with Crippen LogP contribution >= 0.6 is 11.6 Å². The van der Waals surface area contributed by atoms with Crippen molar-refractivity contribution in [3.63, 3.8) is 0 Å². The Morgan fingerprint density at radius 3 is 2.88 bits per heavy atom. The number of hydrogen-bond acceptors (Lipinski definition) is 3. The van der Waals surface area contributed by atoms with Gasteiger partial charge < -0.3 is 5.32 Å². The first-order chi connectivity index (χ1) is 11.5. The van der Waals surface area contributed by atoms with Gasteiger partial charge in [-0.1, -0.05) is 23.7 Å². The minimum atomic E-state index is -0.643. The van der Waals surface area contributed by atoms with E-state index in [2.05, 4.69) is 10.3 Å². The molecule has 0 spiro atoms. The van der Waals surface area contributed by atoms with Crippen molar-refractivity contribution in [3.05, 3.63) is 69.5 Å². The SMILES string of the molecule is Cc1cccc2c(=O)n(CC(=O)Nc3ccc(Cl)cc3F)cnc12. The molecule has 24 heavy (non-hydrogen) atoms. The van der Waals surface area contributed by atoms with Crippen molar-refractivity contribution in [1.29, 1.82) is 0 Å². The fraction of sp³-hybridized carbons (Fsp3) is 0.118. The Balaban J connectivity index is 1.86. The summed E-state index contributed by atoms with van der Waals surface area (Å²) in [6, 6.07) is 9.20. The van der Waals surface area contributed by atoms with Crippen LogP contribution in [0.5, 0.6) is 0 Å². The average molecular weight is 346 g/mol. The number of benzene rings is 2. The lowest BCUT2D eigenvalue weighted by Crippen LogP contribution is -2.28. The number of halogens is 2. The van der Waals surface area contributed by atoms with Crippen molar-refractivity contribution in [1.82, 2.24) is 9.55 Å². The third-order valence-electron chi connectivity index (χ3n) is 3.57. The number of nitrogens with zero attached hydrogens (tertiary/aromatic N) is 2. The van der Waals surface area contributed by atoms with E-state index < -0.39 is 11.7 Å². The van der Waals surface area contributed by atoms with Crippen molar-refractivity contribution in [2.75, 3.05) is 5.32 Å². The molecular weight excluding hydrogens is 333 g/mol. The third kappa shape index (κ3) is 3.14. The van der Waals surface area contributed by atoms with E-state index in [9.17, 15) is 14.0 Å². The molecule has 0 fully saturated rings. The minimum Gasteiger partial charge on any atom is -0.322 e. The quantitative estimate of drug-likeness (QED) is 0.793. The summed E-state index contributed by atoms with van der Waals surface area (Å²) in [4.78, 5) is 28.7. The summed E-state index contributed by atoms with van der Waals surface area (Å²) < 4.78 is 14.9. The first-order valence-electron chi connectivity index (χ1n) is 7.15. The van der Waals surface area contributed by atoms with E-state index in [0.29, 0.717) is 10.9 Å².